The van der Waals surface area contributed by atoms with Crippen molar-refractivity contribution in [3.8, 4) is 11.5 Å². The van der Waals surface area contributed by atoms with Gasteiger partial charge in [0.15, 0.2) is 17.5 Å². The molecule has 3 N–H and O–H groups in total. The van der Waals surface area contributed by atoms with Gasteiger partial charge in [-0.3, -0.25) is 4.99 Å². The van der Waals surface area contributed by atoms with Gasteiger partial charge in [0.1, 0.15) is 0 Å². The number of hydrogen-bond donors (Lipinski definition) is 3. The molecule has 1 heterocycles. The zero-order valence-corrected chi connectivity index (χ0v) is 18.9. The SMILES string of the molecule is CN=C(NCC1(NC(C)c2ccccc2)CCOCC1)Nc1ccc(OC)c(OC)c1. The first-order valence-electron chi connectivity index (χ1n) is 10.7. The van der Waals surface area contributed by atoms with Gasteiger partial charge in [0.05, 0.1) is 14.2 Å². The highest BCUT2D eigenvalue weighted by Gasteiger charge is 2.34. The lowest BCUT2D eigenvalue weighted by molar-refractivity contribution is 0.0355. The van der Waals surface area contributed by atoms with Crippen molar-refractivity contribution in [3.63, 3.8) is 0 Å². The third kappa shape index (κ3) is 6.12. The van der Waals surface area contributed by atoms with Crippen LogP contribution in [0.25, 0.3) is 0 Å². The number of anilines is 1. The standard InChI is InChI=1S/C24H34N4O3/c1-18(19-8-6-5-7-9-19)28-24(12-14-31-15-13-24)17-26-23(25-2)27-20-10-11-21(29-3)22(16-20)30-4/h5-11,16,18,28H,12-15,17H2,1-4H3,(H2,25,26,27). The molecule has 0 bridgehead atoms. The fourth-order valence-corrected chi connectivity index (χ4v) is 3.90. The number of hydrogen-bond acceptors (Lipinski definition) is 5. The topological polar surface area (TPSA) is 76.1 Å². The molecule has 1 fully saturated rings. The summed E-state index contributed by atoms with van der Waals surface area (Å²) in [5.74, 6) is 2.06. The normalized spacial score (nSPS) is 17.0. The number of benzene rings is 2. The quantitative estimate of drug-likeness (QED) is 0.442. The van der Waals surface area contributed by atoms with Crippen LogP contribution in [0.15, 0.2) is 53.5 Å². The molecule has 2 aromatic carbocycles. The summed E-state index contributed by atoms with van der Waals surface area (Å²) < 4.78 is 16.4. The molecule has 1 atom stereocenters. The Balaban J connectivity index is 1.67. The Morgan fingerprint density at radius 3 is 2.42 bits per heavy atom. The highest BCUT2D eigenvalue weighted by Crippen LogP contribution is 2.30. The zero-order valence-electron chi connectivity index (χ0n) is 18.9. The van der Waals surface area contributed by atoms with Crippen LogP contribution in [0.5, 0.6) is 11.5 Å². The van der Waals surface area contributed by atoms with E-state index in [1.54, 1.807) is 21.3 Å². The predicted octanol–water partition coefficient (Wildman–Crippen LogP) is 3.59. The molecule has 3 rings (SSSR count). The molecule has 0 aliphatic carbocycles. The number of ether oxygens (including phenoxy) is 3. The van der Waals surface area contributed by atoms with Crippen molar-refractivity contribution in [2.45, 2.75) is 31.3 Å². The van der Waals surface area contributed by atoms with E-state index in [0.29, 0.717) is 17.5 Å². The van der Waals surface area contributed by atoms with E-state index in [9.17, 15) is 0 Å². The number of aliphatic imine (C=N–C) groups is 1. The number of nitrogens with one attached hydrogen (secondary N) is 3. The van der Waals surface area contributed by atoms with E-state index in [4.69, 9.17) is 14.2 Å². The van der Waals surface area contributed by atoms with Crippen molar-refractivity contribution in [1.29, 1.82) is 0 Å². The average molecular weight is 427 g/mol. The van der Waals surface area contributed by atoms with Gasteiger partial charge in [0.2, 0.25) is 0 Å². The average Bonchev–Trinajstić information content (AvgIpc) is 2.82. The second-order valence-corrected chi connectivity index (χ2v) is 7.79. The summed E-state index contributed by atoms with van der Waals surface area (Å²) >= 11 is 0. The molecule has 1 aliphatic rings. The van der Waals surface area contributed by atoms with Crippen molar-refractivity contribution in [2.75, 3.05) is 46.3 Å². The summed E-state index contributed by atoms with van der Waals surface area (Å²) in [6.45, 7) is 4.44. The van der Waals surface area contributed by atoms with Crippen LogP contribution < -0.4 is 25.4 Å². The lowest BCUT2D eigenvalue weighted by Gasteiger charge is -2.41. The van der Waals surface area contributed by atoms with Gasteiger partial charge in [0, 0.05) is 50.1 Å². The molecular formula is C24H34N4O3. The summed E-state index contributed by atoms with van der Waals surface area (Å²) in [5, 5.41) is 10.7. The van der Waals surface area contributed by atoms with Gasteiger partial charge < -0.3 is 30.2 Å². The maximum Gasteiger partial charge on any atom is 0.195 e. The Kier molecular flexibility index (Phi) is 8.14. The van der Waals surface area contributed by atoms with E-state index >= 15 is 0 Å². The maximum atomic E-state index is 5.65. The minimum absolute atomic E-state index is 0.0806. The first kappa shape index (κ1) is 22.9. The fraction of sp³-hybridized carbons (Fsp3) is 0.458. The van der Waals surface area contributed by atoms with Gasteiger partial charge in [-0.15, -0.1) is 0 Å². The van der Waals surface area contributed by atoms with E-state index in [1.807, 2.05) is 24.3 Å². The van der Waals surface area contributed by atoms with E-state index < -0.39 is 0 Å². The summed E-state index contributed by atoms with van der Waals surface area (Å²) in [7, 11) is 5.03. The molecule has 0 saturated carbocycles. The molecule has 0 spiro atoms. The van der Waals surface area contributed by atoms with Gasteiger partial charge in [-0.05, 0) is 37.5 Å². The predicted molar refractivity (Wildman–Crippen MR) is 125 cm³/mol. The number of methoxy groups -OCH3 is 2. The summed E-state index contributed by atoms with van der Waals surface area (Å²) in [6, 6.07) is 16.5. The number of rotatable bonds is 8. The van der Waals surface area contributed by atoms with Crippen LogP contribution in [-0.2, 0) is 4.74 Å². The minimum Gasteiger partial charge on any atom is -0.493 e. The lowest BCUT2D eigenvalue weighted by Crippen LogP contribution is -2.57. The molecule has 1 unspecified atom stereocenters. The molecule has 0 radical (unpaired) electrons. The Morgan fingerprint density at radius 2 is 1.77 bits per heavy atom. The molecule has 168 valence electrons. The largest absolute Gasteiger partial charge is 0.493 e. The molecular weight excluding hydrogens is 392 g/mol. The first-order chi connectivity index (χ1) is 15.1. The third-order valence-corrected chi connectivity index (χ3v) is 5.74. The van der Waals surface area contributed by atoms with E-state index in [1.165, 1.54) is 5.56 Å². The van der Waals surface area contributed by atoms with Gasteiger partial charge in [-0.25, -0.2) is 0 Å². The van der Waals surface area contributed by atoms with Crippen molar-refractivity contribution in [3.05, 3.63) is 54.1 Å². The summed E-state index contributed by atoms with van der Waals surface area (Å²) in [6.07, 6.45) is 1.87. The van der Waals surface area contributed by atoms with Crippen LogP contribution >= 0.6 is 0 Å². The van der Waals surface area contributed by atoms with Crippen LogP contribution in [0.1, 0.15) is 31.4 Å². The maximum absolute atomic E-state index is 5.65. The van der Waals surface area contributed by atoms with Crippen molar-refractivity contribution < 1.29 is 14.2 Å². The van der Waals surface area contributed by atoms with E-state index in [2.05, 4.69) is 52.1 Å². The molecule has 2 aromatic rings. The fourth-order valence-electron chi connectivity index (χ4n) is 3.90. The molecule has 7 heteroatoms. The Hall–Kier alpha value is -2.77. The Morgan fingerprint density at radius 1 is 1.06 bits per heavy atom. The van der Waals surface area contributed by atoms with Crippen LogP contribution in [0.2, 0.25) is 0 Å². The minimum atomic E-state index is -0.0806. The van der Waals surface area contributed by atoms with Crippen LogP contribution in [0, 0.1) is 0 Å². The molecule has 1 aliphatic heterocycles. The van der Waals surface area contributed by atoms with Gasteiger partial charge in [0.25, 0.3) is 0 Å². The zero-order chi connectivity index (χ0) is 22.1. The number of guanidine groups is 1. The van der Waals surface area contributed by atoms with Crippen molar-refractivity contribution in [1.82, 2.24) is 10.6 Å². The molecule has 0 amide bonds. The lowest BCUT2D eigenvalue weighted by atomic mass is 9.88. The van der Waals surface area contributed by atoms with Crippen LogP contribution in [0.4, 0.5) is 5.69 Å². The van der Waals surface area contributed by atoms with Gasteiger partial charge in [-0.1, -0.05) is 30.3 Å². The van der Waals surface area contributed by atoms with E-state index in [0.717, 1.165) is 38.3 Å². The van der Waals surface area contributed by atoms with Gasteiger partial charge >= 0.3 is 0 Å². The van der Waals surface area contributed by atoms with Gasteiger partial charge in [-0.2, -0.15) is 0 Å². The second kappa shape index (κ2) is 11.0. The van der Waals surface area contributed by atoms with Crippen molar-refractivity contribution >= 4 is 11.6 Å². The smallest absolute Gasteiger partial charge is 0.195 e. The Labute approximate surface area is 185 Å². The van der Waals surface area contributed by atoms with Crippen molar-refractivity contribution in [2.24, 2.45) is 4.99 Å². The molecule has 7 nitrogen and oxygen atoms in total. The molecule has 1 saturated heterocycles. The monoisotopic (exact) mass is 426 g/mol. The second-order valence-electron chi connectivity index (χ2n) is 7.79. The summed E-state index contributed by atoms with van der Waals surface area (Å²) in [4.78, 5) is 4.40. The first-order valence-corrected chi connectivity index (χ1v) is 10.7. The number of nitrogens with zero attached hydrogens (tertiary/aromatic N) is 1. The van der Waals surface area contributed by atoms with E-state index in [-0.39, 0.29) is 11.6 Å². The molecule has 0 aromatic heterocycles. The highest BCUT2D eigenvalue weighted by molar-refractivity contribution is 5.93. The summed E-state index contributed by atoms with van der Waals surface area (Å²) in [5.41, 5.74) is 2.07. The molecule has 31 heavy (non-hydrogen) atoms. The highest BCUT2D eigenvalue weighted by atomic mass is 16.5. The Bertz CT molecular complexity index is 851. The third-order valence-electron chi connectivity index (χ3n) is 5.74. The van der Waals surface area contributed by atoms with Crippen LogP contribution in [-0.4, -0.2) is 52.5 Å². The van der Waals surface area contributed by atoms with Crippen LogP contribution in [0.3, 0.4) is 0 Å².